The molecule has 0 amide bonds. The van der Waals surface area contributed by atoms with Crippen LogP contribution in [0.2, 0.25) is 0 Å². The Morgan fingerprint density at radius 1 is 1.45 bits per heavy atom. The number of aromatic amines is 1. The first-order valence-corrected chi connectivity index (χ1v) is 3.80. The maximum absolute atomic E-state index is 5.86. The van der Waals surface area contributed by atoms with E-state index in [9.17, 15) is 0 Å². The molecule has 0 saturated carbocycles. The molecule has 0 aliphatic carbocycles. The zero-order chi connectivity index (χ0) is 8.43. The SMILES string of the molecule is CC(C)[C@@H](N)c1cc(N)c[nH]1. The van der Waals surface area contributed by atoms with E-state index in [0.29, 0.717) is 5.92 Å². The topological polar surface area (TPSA) is 67.8 Å². The molecule has 1 heterocycles. The third kappa shape index (κ3) is 1.74. The fraction of sp³-hybridized carbons (Fsp3) is 0.500. The average Bonchev–Trinajstić information content (AvgIpc) is 2.34. The smallest absolute Gasteiger partial charge is 0.0495 e. The molecule has 1 aromatic rings. The van der Waals surface area contributed by atoms with Crippen molar-refractivity contribution < 1.29 is 0 Å². The molecule has 3 nitrogen and oxygen atoms in total. The molecule has 1 atom stereocenters. The van der Waals surface area contributed by atoms with Gasteiger partial charge in [-0.1, -0.05) is 13.8 Å². The second-order valence-electron chi connectivity index (χ2n) is 3.16. The largest absolute Gasteiger partial charge is 0.397 e. The summed E-state index contributed by atoms with van der Waals surface area (Å²) in [6.45, 7) is 4.17. The van der Waals surface area contributed by atoms with Gasteiger partial charge in [0.1, 0.15) is 0 Å². The molecule has 0 aliphatic heterocycles. The van der Waals surface area contributed by atoms with E-state index in [2.05, 4.69) is 18.8 Å². The molecule has 0 saturated heterocycles. The van der Waals surface area contributed by atoms with Crippen LogP contribution < -0.4 is 11.5 Å². The molecule has 0 bridgehead atoms. The van der Waals surface area contributed by atoms with E-state index >= 15 is 0 Å². The molecule has 0 spiro atoms. The average molecular weight is 153 g/mol. The van der Waals surface area contributed by atoms with Gasteiger partial charge >= 0.3 is 0 Å². The molecule has 0 unspecified atom stereocenters. The number of anilines is 1. The Morgan fingerprint density at radius 3 is 2.45 bits per heavy atom. The molecule has 0 radical (unpaired) electrons. The van der Waals surface area contributed by atoms with Crippen molar-refractivity contribution in [3.63, 3.8) is 0 Å². The minimum atomic E-state index is 0.0623. The van der Waals surface area contributed by atoms with Crippen LogP contribution in [0, 0.1) is 5.92 Å². The van der Waals surface area contributed by atoms with E-state index < -0.39 is 0 Å². The Hall–Kier alpha value is -0.960. The maximum atomic E-state index is 5.86. The number of hydrogen-bond donors (Lipinski definition) is 3. The van der Waals surface area contributed by atoms with Crippen molar-refractivity contribution in [2.24, 2.45) is 11.7 Å². The van der Waals surface area contributed by atoms with E-state index in [1.54, 1.807) is 6.20 Å². The fourth-order valence-electron chi connectivity index (χ4n) is 0.981. The van der Waals surface area contributed by atoms with Crippen molar-refractivity contribution in [1.29, 1.82) is 0 Å². The monoisotopic (exact) mass is 153 g/mol. The molecule has 1 rings (SSSR count). The van der Waals surface area contributed by atoms with Crippen LogP contribution in [-0.2, 0) is 0 Å². The summed E-state index contributed by atoms with van der Waals surface area (Å²) in [5.74, 6) is 0.438. The van der Waals surface area contributed by atoms with E-state index in [-0.39, 0.29) is 6.04 Å². The van der Waals surface area contributed by atoms with Crippen molar-refractivity contribution in [2.45, 2.75) is 19.9 Å². The van der Waals surface area contributed by atoms with Crippen LogP contribution in [0.15, 0.2) is 12.3 Å². The summed E-state index contributed by atoms with van der Waals surface area (Å²) in [7, 11) is 0. The van der Waals surface area contributed by atoms with Crippen LogP contribution in [0.3, 0.4) is 0 Å². The second kappa shape index (κ2) is 2.96. The first kappa shape index (κ1) is 8.14. The third-order valence-electron chi connectivity index (χ3n) is 1.81. The Bertz CT molecular complexity index is 227. The summed E-state index contributed by atoms with van der Waals surface area (Å²) in [6.07, 6.45) is 1.76. The molecule has 62 valence electrons. The van der Waals surface area contributed by atoms with Crippen LogP contribution in [0.4, 0.5) is 5.69 Å². The highest BCUT2D eigenvalue weighted by atomic mass is 14.8. The van der Waals surface area contributed by atoms with Gasteiger partial charge in [-0.05, 0) is 12.0 Å². The quantitative estimate of drug-likeness (QED) is 0.598. The molecule has 1 aromatic heterocycles. The van der Waals surface area contributed by atoms with Gasteiger partial charge in [-0.2, -0.15) is 0 Å². The van der Waals surface area contributed by atoms with Gasteiger partial charge in [-0.3, -0.25) is 0 Å². The zero-order valence-corrected chi connectivity index (χ0v) is 6.96. The van der Waals surface area contributed by atoms with Gasteiger partial charge in [0.05, 0.1) is 0 Å². The van der Waals surface area contributed by atoms with E-state index in [1.807, 2.05) is 6.07 Å². The molecular formula is C8H15N3. The van der Waals surface area contributed by atoms with E-state index in [4.69, 9.17) is 11.5 Å². The van der Waals surface area contributed by atoms with Crippen molar-refractivity contribution in [3.05, 3.63) is 18.0 Å². The van der Waals surface area contributed by atoms with Crippen molar-refractivity contribution in [3.8, 4) is 0 Å². The van der Waals surface area contributed by atoms with Gasteiger partial charge in [-0.15, -0.1) is 0 Å². The second-order valence-corrected chi connectivity index (χ2v) is 3.16. The van der Waals surface area contributed by atoms with Gasteiger partial charge in [-0.25, -0.2) is 0 Å². The Morgan fingerprint density at radius 2 is 2.09 bits per heavy atom. The number of aromatic nitrogens is 1. The van der Waals surface area contributed by atoms with E-state index in [1.165, 1.54) is 0 Å². The van der Waals surface area contributed by atoms with Crippen LogP contribution in [0.5, 0.6) is 0 Å². The normalized spacial score (nSPS) is 13.8. The highest BCUT2D eigenvalue weighted by Gasteiger charge is 2.11. The lowest BCUT2D eigenvalue weighted by atomic mass is 10.0. The lowest BCUT2D eigenvalue weighted by Crippen LogP contribution is -2.16. The minimum Gasteiger partial charge on any atom is -0.397 e. The van der Waals surface area contributed by atoms with Crippen LogP contribution in [0.25, 0.3) is 0 Å². The summed E-state index contributed by atoms with van der Waals surface area (Å²) in [4.78, 5) is 3.04. The van der Waals surface area contributed by atoms with Gasteiger partial charge in [0, 0.05) is 23.6 Å². The first-order chi connectivity index (χ1) is 5.11. The predicted molar refractivity (Wildman–Crippen MR) is 47.0 cm³/mol. The summed E-state index contributed by atoms with van der Waals surface area (Å²) in [6, 6.07) is 1.94. The minimum absolute atomic E-state index is 0.0623. The van der Waals surface area contributed by atoms with Crippen molar-refractivity contribution in [2.75, 3.05) is 5.73 Å². The molecule has 0 aromatic carbocycles. The van der Waals surface area contributed by atoms with E-state index in [0.717, 1.165) is 11.4 Å². The number of nitrogens with two attached hydrogens (primary N) is 2. The molecule has 11 heavy (non-hydrogen) atoms. The molecular weight excluding hydrogens is 138 g/mol. The molecule has 3 heteroatoms. The van der Waals surface area contributed by atoms with Crippen LogP contribution >= 0.6 is 0 Å². The summed E-state index contributed by atoms with van der Waals surface area (Å²) < 4.78 is 0. The van der Waals surface area contributed by atoms with Gasteiger partial charge in [0.2, 0.25) is 0 Å². The summed E-state index contributed by atoms with van der Waals surface area (Å²) in [5.41, 5.74) is 13.2. The number of hydrogen-bond acceptors (Lipinski definition) is 2. The number of nitrogens with one attached hydrogen (secondary N) is 1. The zero-order valence-electron chi connectivity index (χ0n) is 6.96. The number of nitrogen functional groups attached to an aromatic ring is 1. The van der Waals surface area contributed by atoms with Crippen molar-refractivity contribution >= 4 is 5.69 Å². The summed E-state index contributed by atoms with van der Waals surface area (Å²) in [5, 5.41) is 0. The van der Waals surface area contributed by atoms with Crippen LogP contribution in [-0.4, -0.2) is 4.98 Å². The van der Waals surface area contributed by atoms with Crippen LogP contribution in [0.1, 0.15) is 25.6 Å². The first-order valence-electron chi connectivity index (χ1n) is 3.80. The maximum Gasteiger partial charge on any atom is 0.0495 e. The fourth-order valence-corrected chi connectivity index (χ4v) is 0.981. The highest BCUT2D eigenvalue weighted by Crippen LogP contribution is 2.18. The lowest BCUT2D eigenvalue weighted by Gasteiger charge is -2.12. The van der Waals surface area contributed by atoms with Gasteiger partial charge < -0.3 is 16.5 Å². The Labute approximate surface area is 66.8 Å². The van der Waals surface area contributed by atoms with Gasteiger partial charge in [0.15, 0.2) is 0 Å². The lowest BCUT2D eigenvalue weighted by molar-refractivity contribution is 0.505. The molecule has 0 fully saturated rings. The molecule has 5 N–H and O–H groups in total. The predicted octanol–water partition coefficient (Wildman–Crippen LogP) is 1.25. The number of H-pyrrole nitrogens is 1. The summed E-state index contributed by atoms with van der Waals surface area (Å²) >= 11 is 0. The Balaban J connectivity index is 2.76. The van der Waals surface area contributed by atoms with Crippen molar-refractivity contribution in [1.82, 2.24) is 4.98 Å². The van der Waals surface area contributed by atoms with Gasteiger partial charge in [0.25, 0.3) is 0 Å². The number of rotatable bonds is 2. The third-order valence-corrected chi connectivity index (χ3v) is 1.81. The highest BCUT2D eigenvalue weighted by molar-refractivity contribution is 5.38. The Kier molecular flexibility index (Phi) is 2.19. The standard InChI is InChI=1S/C8H15N3/c1-5(2)8(10)7-3-6(9)4-11-7/h3-5,8,11H,9-10H2,1-2H3/t8-/m1/s1. The molecule has 0 aliphatic rings.